The molecule has 7 heteroatoms. The molecule has 4 rings (SSSR count). The number of hydrogen-bond donors (Lipinski definition) is 1. The van der Waals surface area contributed by atoms with Gasteiger partial charge in [0.25, 0.3) is 0 Å². The molecule has 146 valence electrons. The molecule has 1 fully saturated rings. The fourth-order valence-corrected chi connectivity index (χ4v) is 6.23. The summed E-state index contributed by atoms with van der Waals surface area (Å²) in [6.07, 6.45) is 6.12. The predicted molar refractivity (Wildman–Crippen MR) is 116 cm³/mol. The Balaban J connectivity index is 0.00000210. The number of hydrogen-bond acceptors (Lipinski definition) is 5. The van der Waals surface area contributed by atoms with Crippen LogP contribution in [0.15, 0.2) is 35.8 Å². The normalized spacial score (nSPS) is 22.2. The Morgan fingerprint density at radius 2 is 2.19 bits per heavy atom. The van der Waals surface area contributed by atoms with Crippen LogP contribution in [-0.2, 0) is 17.8 Å². The number of carbonyl (C=O) groups excluding carboxylic acids is 1. The van der Waals surface area contributed by atoms with Crippen molar-refractivity contribution in [3.8, 4) is 0 Å². The van der Waals surface area contributed by atoms with Gasteiger partial charge in [-0.05, 0) is 73.7 Å². The summed E-state index contributed by atoms with van der Waals surface area (Å²) in [5.41, 5.74) is 2.22. The number of thiophene rings is 1. The summed E-state index contributed by atoms with van der Waals surface area (Å²) in [6, 6.07) is 8.41. The summed E-state index contributed by atoms with van der Waals surface area (Å²) in [5, 5.41) is 5.55. The molecular formula is C20H26ClN3OS2. The van der Waals surface area contributed by atoms with Gasteiger partial charge in [0, 0.05) is 17.1 Å². The van der Waals surface area contributed by atoms with E-state index in [2.05, 4.69) is 26.6 Å². The third kappa shape index (κ3) is 4.86. The Labute approximate surface area is 175 Å². The van der Waals surface area contributed by atoms with E-state index in [9.17, 15) is 4.79 Å². The van der Waals surface area contributed by atoms with Crippen molar-refractivity contribution in [2.24, 2.45) is 0 Å². The van der Waals surface area contributed by atoms with Gasteiger partial charge in [0.1, 0.15) is 5.25 Å². The molecule has 0 spiro atoms. The van der Waals surface area contributed by atoms with E-state index in [1.807, 2.05) is 24.4 Å². The summed E-state index contributed by atoms with van der Waals surface area (Å²) in [7, 11) is 0. The van der Waals surface area contributed by atoms with Gasteiger partial charge in [0.15, 0.2) is 0 Å². The van der Waals surface area contributed by atoms with Crippen molar-refractivity contribution in [3.63, 3.8) is 0 Å². The Bertz CT molecular complexity index is 732. The fraction of sp³-hybridized carbons (Fsp3) is 0.500. The van der Waals surface area contributed by atoms with E-state index < -0.39 is 0 Å². The van der Waals surface area contributed by atoms with Crippen molar-refractivity contribution in [1.29, 1.82) is 0 Å². The third-order valence-corrected chi connectivity index (χ3v) is 7.45. The zero-order valence-corrected chi connectivity index (χ0v) is 17.8. The molecule has 2 aromatic heterocycles. The number of rotatable bonds is 4. The molecule has 2 aliphatic rings. The van der Waals surface area contributed by atoms with Crippen LogP contribution in [0.4, 0.5) is 0 Å². The number of amides is 1. The number of thioether (sulfide) groups is 1. The number of aromatic nitrogens is 1. The van der Waals surface area contributed by atoms with Gasteiger partial charge in [-0.2, -0.15) is 0 Å². The molecule has 0 aliphatic carbocycles. The molecule has 4 heterocycles. The molecular weight excluding hydrogens is 398 g/mol. The molecule has 4 nitrogen and oxygen atoms in total. The van der Waals surface area contributed by atoms with Crippen molar-refractivity contribution in [1.82, 2.24) is 15.2 Å². The van der Waals surface area contributed by atoms with Crippen molar-refractivity contribution in [2.45, 2.75) is 43.5 Å². The van der Waals surface area contributed by atoms with Gasteiger partial charge in [0.05, 0.1) is 12.2 Å². The summed E-state index contributed by atoms with van der Waals surface area (Å²) in [5.74, 6) is 1.31. The largest absolute Gasteiger partial charge is 0.333 e. The van der Waals surface area contributed by atoms with Crippen LogP contribution in [0.1, 0.15) is 40.6 Å². The molecule has 0 bridgehead atoms. The molecule has 1 saturated heterocycles. The van der Waals surface area contributed by atoms with Crippen molar-refractivity contribution >= 4 is 41.4 Å². The van der Waals surface area contributed by atoms with E-state index in [1.54, 1.807) is 23.1 Å². The second-order valence-electron chi connectivity index (χ2n) is 6.92. The minimum atomic E-state index is -0.0510. The summed E-state index contributed by atoms with van der Waals surface area (Å²) in [4.78, 5) is 21.6. The van der Waals surface area contributed by atoms with Gasteiger partial charge in [-0.1, -0.05) is 6.07 Å². The minimum Gasteiger partial charge on any atom is -0.333 e. The Morgan fingerprint density at radius 3 is 3.04 bits per heavy atom. The lowest BCUT2D eigenvalue weighted by Gasteiger charge is -2.35. The van der Waals surface area contributed by atoms with E-state index in [0.717, 1.165) is 50.2 Å². The molecule has 2 unspecified atom stereocenters. The highest BCUT2D eigenvalue weighted by molar-refractivity contribution is 8.00. The van der Waals surface area contributed by atoms with Crippen LogP contribution in [0, 0.1) is 0 Å². The first kappa shape index (κ1) is 20.6. The lowest BCUT2D eigenvalue weighted by molar-refractivity contribution is -0.134. The van der Waals surface area contributed by atoms with Crippen LogP contribution in [0.2, 0.25) is 0 Å². The number of pyridine rings is 1. The van der Waals surface area contributed by atoms with Crippen LogP contribution in [0.25, 0.3) is 0 Å². The summed E-state index contributed by atoms with van der Waals surface area (Å²) in [6.45, 7) is 2.65. The van der Waals surface area contributed by atoms with Gasteiger partial charge in [-0.25, -0.2) is 0 Å². The van der Waals surface area contributed by atoms with E-state index in [4.69, 9.17) is 0 Å². The van der Waals surface area contributed by atoms with E-state index >= 15 is 0 Å². The van der Waals surface area contributed by atoms with E-state index in [-0.39, 0.29) is 23.6 Å². The molecule has 0 radical (unpaired) electrons. The molecule has 2 aliphatic heterocycles. The highest BCUT2D eigenvalue weighted by Crippen LogP contribution is 2.41. The van der Waals surface area contributed by atoms with Gasteiger partial charge >= 0.3 is 0 Å². The van der Waals surface area contributed by atoms with E-state index in [1.165, 1.54) is 10.4 Å². The molecule has 27 heavy (non-hydrogen) atoms. The molecule has 2 atom stereocenters. The maximum Gasteiger partial charge on any atom is 0.240 e. The van der Waals surface area contributed by atoms with E-state index in [0.29, 0.717) is 12.6 Å². The molecule has 0 aromatic carbocycles. The summed E-state index contributed by atoms with van der Waals surface area (Å²) >= 11 is 3.60. The maximum atomic E-state index is 13.6. The maximum absolute atomic E-state index is 13.6. The van der Waals surface area contributed by atoms with Crippen molar-refractivity contribution in [3.05, 3.63) is 52.0 Å². The quantitative estimate of drug-likeness (QED) is 0.805. The highest BCUT2D eigenvalue weighted by atomic mass is 35.5. The number of aryl methyl sites for hydroxylation is 1. The number of fused-ring (bicyclic) bond motifs is 1. The Morgan fingerprint density at radius 1 is 1.26 bits per heavy atom. The Hall–Kier alpha value is -1.08. The topological polar surface area (TPSA) is 45.2 Å². The molecule has 0 saturated carbocycles. The van der Waals surface area contributed by atoms with Crippen molar-refractivity contribution in [2.75, 3.05) is 18.8 Å². The number of nitrogens with one attached hydrogen (secondary N) is 1. The molecule has 2 aromatic rings. The zero-order chi connectivity index (χ0) is 17.8. The first-order valence-electron chi connectivity index (χ1n) is 9.42. The van der Waals surface area contributed by atoms with Crippen LogP contribution >= 0.6 is 35.5 Å². The van der Waals surface area contributed by atoms with Crippen LogP contribution in [0.5, 0.6) is 0 Å². The average Bonchev–Trinajstić information content (AvgIpc) is 3.01. The number of nitrogens with zero attached hydrogens (tertiary/aromatic N) is 2. The average molecular weight is 424 g/mol. The standard InChI is InChI=1S/C20H25N3OS2.ClH/c24-20(19-17-7-12-25-18(17)8-13-26-19)23(14-15-4-1-2-10-22-15)16-5-3-9-21-11-6-16;/h1-2,4,7,10,12,16,19,21H,3,5-6,8-9,11,13-14H2;1H. The molecule has 1 amide bonds. The monoisotopic (exact) mass is 423 g/mol. The second-order valence-corrected chi connectivity index (χ2v) is 9.14. The predicted octanol–water partition coefficient (Wildman–Crippen LogP) is 4.07. The number of carbonyl (C=O) groups is 1. The smallest absolute Gasteiger partial charge is 0.240 e. The third-order valence-electron chi connectivity index (χ3n) is 5.23. The van der Waals surface area contributed by atoms with Crippen LogP contribution in [0.3, 0.4) is 0 Å². The molecule has 1 N–H and O–H groups in total. The highest BCUT2D eigenvalue weighted by Gasteiger charge is 2.34. The summed E-state index contributed by atoms with van der Waals surface area (Å²) < 4.78 is 0. The van der Waals surface area contributed by atoms with Gasteiger partial charge in [-0.3, -0.25) is 9.78 Å². The lowest BCUT2D eigenvalue weighted by Crippen LogP contribution is -2.43. The zero-order valence-electron chi connectivity index (χ0n) is 15.3. The van der Waals surface area contributed by atoms with Gasteiger partial charge in [-0.15, -0.1) is 35.5 Å². The SMILES string of the molecule is Cl.O=C(C1SCCc2sccc21)N(Cc1ccccn1)C1CCCNCC1. The second kappa shape index (κ2) is 9.92. The fourth-order valence-electron chi connectivity index (χ4n) is 3.87. The first-order valence-corrected chi connectivity index (χ1v) is 11.3. The first-order chi connectivity index (χ1) is 12.8. The minimum absolute atomic E-state index is 0. The Kier molecular flexibility index (Phi) is 7.58. The van der Waals surface area contributed by atoms with Gasteiger partial charge in [0.2, 0.25) is 5.91 Å². The van der Waals surface area contributed by atoms with Crippen LogP contribution in [-0.4, -0.2) is 40.7 Å². The van der Waals surface area contributed by atoms with Gasteiger partial charge < -0.3 is 10.2 Å². The van der Waals surface area contributed by atoms with Crippen molar-refractivity contribution < 1.29 is 4.79 Å². The van der Waals surface area contributed by atoms with Crippen LogP contribution < -0.4 is 5.32 Å². The number of halogens is 1. The lowest BCUT2D eigenvalue weighted by atomic mass is 10.0.